The van der Waals surface area contributed by atoms with Crippen molar-refractivity contribution in [3.8, 4) is 0 Å². The van der Waals surface area contributed by atoms with E-state index in [1.165, 1.54) is 13.8 Å². The smallest absolute Gasteiger partial charge is 0.338 e. The van der Waals surface area contributed by atoms with Gasteiger partial charge in [0.05, 0.1) is 17.1 Å². The first-order valence-corrected chi connectivity index (χ1v) is 13.4. The molecule has 8 atom stereocenters. The van der Waals surface area contributed by atoms with Crippen molar-refractivity contribution < 1.29 is 38.4 Å². The van der Waals surface area contributed by atoms with Gasteiger partial charge in [-0.2, -0.15) is 0 Å². The maximum atomic E-state index is 13.1. The predicted molar refractivity (Wildman–Crippen MR) is 143 cm³/mol. The fourth-order valence-corrected chi connectivity index (χ4v) is 6.65. The normalized spacial score (nSPS) is 35.6. The molecule has 0 bridgehead atoms. The Bertz CT molecular complexity index is 1190. The Morgan fingerprint density at radius 2 is 1.74 bits per heavy atom. The summed E-state index contributed by atoms with van der Waals surface area (Å²) < 4.78 is 23.3. The summed E-state index contributed by atoms with van der Waals surface area (Å²) in [5, 5.41) is 11.8. The Morgan fingerprint density at radius 1 is 1.08 bits per heavy atom. The van der Waals surface area contributed by atoms with Gasteiger partial charge in [0.2, 0.25) is 12.6 Å². The van der Waals surface area contributed by atoms with Gasteiger partial charge >= 0.3 is 17.9 Å². The largest absolute Gasteiger partial charge is 0.455 e. The molecular weight excluding hydrogens is 500 g/mol. The highest BCUT2D eigenvalue weighted by Crippen LogP contribution is 2.67. The second-order valence-corrected chi connectivity index (χ2v) is 11.2. The van der Waals surface area contributed by atoms with Gasteiger partial charge in [-0.15, -0.1) is 0 Å². The average molecular weight is 539 g/mol. The van der Waals surface area contributed by atoms with Crippen LogP contribution in [0.1, 0.15) is 64.2 Å². The number of allylic oxidation sites excluding steroid dienone is 3. The van der Waals surface area contributed by atoms with E-state index < -0.39 is 53.5 Å². The van der Waals surface area contributed by atoms with Crippen LogP contribution in [0.25, 0.3) is 0 Å². The summed E-state index contributed by atoms with van der Waals surface area (Å²) in [5.74, 6) is -1.98. The summed E-state index contributed by atoms with van der Waals surface area (Å²) in [5.41, 5.74) is 0.251. The molecule has 4 rings (SSSR count). The minimum atomic E-state index is -1.20. The molecule has 210 valence electrons. The molecule has 1 heterocycles. The van der Waals surface area contributed by atoms with Gasteiger partial charge in [0.1, 0.15) is 6.10 Å². The van der Waals surface area contributed by atoms with E-state index in [1.807, 2.05) is 13.0 Å². The van der Waals surface area contributed by atoms with Gasteiger partial charge in [0.25, 0.3) is 0 Å². The molecule has 8 nitrogen and oxygen atoms in total. The number of hydrogen-bond acceptors (Lipinski definition) is 8. The molecule has 0 amide bonds. The van der Waals surface area contributed by atoms with E-state index in [0.717, 1.165) is 5.57 Å². The van der Waals surface area contributed by atoms with E-state index in [1.54, 1.807) is 36.4 Å². The molecule has 1 N–H and O–H groups in total. The van der Waals surface area contributed by atoms with Crippen LogP contribution in [-0.2, 0) is 28.5 Å². The second-order valence-electron chi connectivity index (χ2n) is 11.2. The van der Waals surface area contributed by atoms with Gasteiger partial charge in [-0.1, -0.05) is 56.4 Å². The summed E-state index contributed by atoms with van der Waals surface area (Å²) in [6, 6.07) is 8.70. The predicted octanol–water partition coefficient (Wildman–Crippen LogP) is 4.88. The highest BCUT2D eigenvalue weighted by molar-refractivity contribution is 5.89. The van der Waals surface area contributed by atoms with Crippen molar-refractivity contribution in [1.29, 1.82) is 0 Å². The van der Waals surface area contributed by atoms with Gasteiger partial charge in [-0.3, -0.25) is 14.3 Å². The van der Waals surface area contributed by atoms with Crippen LogP contribution >= 0.6 is 0 Å². The first-order chi connectivity index (χ1) is 18.4. The molecule has 0 aromatic heterocycles. The molecule has 39 heavy (non-hydrogen) atoms. The van der Waals surface area contributed by atoms with E-state index in [9.17, 15) is 19.5 Å². The number of carbonyl (C=O) groups excluding carboxylic acids is 3. The van der Waals surface area contributed by atoms with Gasteiger partial charge in [0.15, 0.2) is 0 Å². The van der Waals surface area contributed by atoms with Crippen LogP contribution in [0.4, 0.5) is 0 Å². The minimum absolute atomic E-state index is 0.0487. The fraction of sp³-hybridized carbons (Fsp3) is 0.516. The molecule has 1 saturated carbocycles. The SMILES string of the molecule is C=C/C(C)=C/C[C@@]1(C)[C@@H](C)C[C@@H](O)C23C(=C[C@@H](OC(=O)c4ccccc4)C[C@@H]21)[C@H](OC(C)=O)O[C@H]3OC(C)=O. The lowest BCUT2D eigenvalue weighted by molar-refractivity contribution is -0.253. The molecule has 3 aliphatic rings. The first kappa shape index (κ1) is 28.8. The van der Waals surface area contributed by atoms with Crippen molar-refractivity contribution in [3.63, 3.8) is 0 Å². The van der Waals surface area contributed by atoms with Crippen LogP contribution in [-0.4, -0.2) is 47.8 Å². The van der Waals surface area contributed by atoms with E-state index >= 15 is 0 Å². The summed E-state index contributed by atoms with van der Waals surface area (Å²) in [4.78, 5) is 37.4. The lowest BCUT2D eigenvalue weighted by atomic mass is 9.45. The van der Waals surface area contributed by atoms with Crippen molar-refractivity contribution in [2.75, 3.05) is 0 Å². The van der Waals surface area contributed by atoms with Gasteiger partial charge < -0.3 is 19.3 Å². The van der Waals surface area contributed by atoms with Gasteiger partial charge in [-0.05, 0) is 61.6 Å². The third kappa shape index (κ3) is 5.20. The molecule has 1 saturated heterocycles. The standard InChI is InChI=1S/C31H38O8/c1-7-18(2)13-14-30(6)19(3)15-26(34)31-24(28(36-20(4)32)39-29(31)37-21(5)33)16-23(17-25(30)31)38-27(35)22-11-9-8-10-12-22/h7-13,16,19,23,25-26,28-29,34H,1,14-15,17H2,2-6H3/b18-13+/t19-,23+,25+,26+,28+,29+,30-,31?/m0/s1. The molecular formula is C31H38O8. The number of esters is 3. The van der Waals surface area contributed by atoms with Crippen LogP contribution in [0.3, 0.4) is 0 Å². The molecule has 0 radical (unpaired) electrons. The molecule has 1 aromatic rings. The number of ether oxygens (including phenoxy) is 4. The molecule has 8 heteroatoms. The zero-order valence-corrected chi connectivity index (χ0v) is 23.2. The average Bonchev–Trinajstić information content (AvgIpc) is 3.18. The molecule has 1 aromatic carbocycles. The highest BCUT2D eigenvalue weighted by atomic mass is 16.8. The highest BCUT2D eigenvalue weighted by Gasteiger charge is 2.71. The maximum Gasteiger partial charge on any atom is 0.338 e. The zero-order valence-electron chi connectivity index (χ0n) is 23.2. The van der Waals surface area contributed by atoms with Crippen LogP contribution in [0.2, 0.25) is 0 Å². The minimum Gasteiger partial charge on any atom is -0.455 e. The second kappa shape index (κ2) is 11.1. The van der Waals surface area contributed by atoms with Crippen LogP contribution < -0.4 is 0 Å². The maximum absolute atomic E-state index is 13.1. The number of rotatable bonds is 7. The Hall–Kier alpha value is -3.23. The van der Waals surface area contributed by atoms with E-state index in [2.05, 4.69) is 26.5 Å². The van der Waals surface area contributed by atoms with E-state index in [-0.39, 0.29) is 11.8 Å². The first-order valence-electron chi connectivity index (χ1n) is 13.4. The van der Waals surface area contributed by atoms with E-state index in [0.29, 0.717) is 30.4 Å². The molecule has 2 aliphatic carbocycles. The van der Waals surface area contributed by atoms with E-state index in [4.69, 9.17) is 18.9 Å². The van der Waals surface area contributed by atoms with Crippen molar-refractivity contribution in [1.82, 2.24) is 0 Å². The lowest BCUT2D eigenvalue weighted by Gasteiger charge is -2.60. The number of aliphatic hydroxyl groups excluding tert-OH is 1. The van der Waals surface area contributed by atoms with Crippen molar-refractivity contribution in [3.05, 3.63) is 71.8 Å². The zero-order chi connectivity index (χ0) is 28.5. The van der Waals surface area contributed by atoms with Gasteiger partial charge in [0, 0.05) is 19.4 Å². The summed E-state index contributed by atoms with van der Waals surface area (Å²) in [6.07, 6.45) is 2.97. The lowest BCUT2D eigenvalue weighted by Crippen LogP contribution is -2.63. The van der Waals surface area contributed by atoms with Gasteiger partial charge in [-0.25, -0.2) is 4.79 Å². The summed E-state index contributed by atoms with van der Waals surface area (Å²) in [7, 11) is 0. The Kier molecular flexibility index (Phi) is 8.19. The van der Waals surface area contributed by atoms with Crippen LogP contribution in [0.15, 0.2) is 66.3 Å². The topological polar surface area (TPSA) is 108 Å². The molecule has 1 unspecified atom stereocenters. The van der Waals surface area contributed by atoms with Crippen LogP contribution in [0.5, 0.6) is 0 Å². The third-order valence-electron chi connectivity index (χ3n) is 8.85. The molecule has 2 fully saturated rings. The Balaban J connectivity index is 1.87. The third-order valence-corrected chi connectivity index (χ3v) is 8.85. The number of aliphatic hydroxyl groups is 1. The number of hydrogen-bond donors (Lipinski definition) is 1. The van der Waals surface area contributed by atoms with Crippen LogP contribution in [0, 0.1) is 22.7 Å². The number of benzene rings is 1. The summed E-state index contributed by atoms with van der Waals surface area (Å²) in [6.45, 7) is 12.6. The Labute approximate surface area is 229 Å². The quantitative estimate of drug-likeness (QED) is 0.226. The summed E-state index contributed by atoms with van der Waals surface area (Å²) >= 11 is 0. The Morgan fingerprint density at radius 3 is 2.36 bits per heavy atom. The monoisotopic (exact) mass is 538 g/mol. The number of carbonyl (C=O) groups is 3. The molecule has 1 aliphatic heterocycles. The van der Waals surface area contributed by atoms with Crippen molar-refractivity contribution in [2.24, 2.45) is 22.7 Å². The van der Waals surface area contributed by atoms with Crippen molar-refractivity contribution >= 4 is 17.9 Å². The fourth-order valence-electron chi connectivity index (χ4n) is 6.65. The van der Waals surface area contributed by atoms with Crippen molar-refractivity contribution in [2.45, 2.75) is 78.7 Å². The molecule has 1 spiro atoms.